The maximum Gasteiger partial charge on any atom is 0.296 e. The molecule has 1 aromatic carbocycles. The number of fused-ring (bicyclic) bond motifs is 1. The number of aliphatic imine (C=N–C) groups is 1. The number of carbonyl (C=O) groups is 1. The van der Waals surface area contributed by atoms with Gasteiger partial charge in [0.2, 0.25) is 0 Å². The van der Waals surface area contributed by atoms with Gasteiger partial charge < -0.3 is 15.6 Å². The van der Waals surface area contributed by atoms with Crippen LogP contribution < -0.4 is 10.6 Å². The molecule has 0 aliphatic carbocycles. The summed E-state index contributed by atoms with van der Waals surface area (Å²) in [6.07, 6.45) is 0. The molecule has 1 aromatic heterocycles. The van der Waals surface area contributed by atoms with Crippen molar-refractivity contribution in [3.63, 3.8) is 0 Å². The molecule has 0 unspecified atom stereocenters. The van der Waals surface area contributed by atoms with Gasteiger partial charge in [-0.05, 0) is 18.2 Å². The molecule has 0 saturated carbocycles. The van der Waals surface area contributed by atoms with Gasteiger partial charge in [-0.2, -0.15) is 4.99 Å². The summed E-state index contributed by atoms with van der Waals surface area (Å²) in [6, 6.07) is 5.02. The number of carbonyl (C=O) groups excluding carboxylic acids is 1. The van der Waals surface area contributed by atoms with E-state index in [0.29, 0.717) is 27.2 Å². The molecule has 0 aliphatic heterocycles. The van der Waals surface area contributed by atoms with Crippen molar-refractivity contribution in [3.05, 3.63) is 33.9 Å². The molecule has 8 heteroatoms. The number of benzene rings is 1. The molecule has 0 bridgehead atoms. The molecule has 0 saturated heterocycles. The highest BCUT2D eigenvalue weighted by Crippen LogP contribution is 2.28. The van der Waals surface area contributed by atoms with Crippen LogP contribution in [0.1, 0.15) is 10.5 Å². The Bertz CT molecular complexity index is 660. The molecule has 2 rings (SSSR count). The van der Waals surface area contributed by atoms with Crippen molar-refractivity contribution in [3.8, 4) is 0 Å². The molecule has 5 nitrogen and oxygen atoms in total. The van der Waals surface area contributed by atoms with Crippen LogP contribution in [-0.4, -0.2) is 30.9 Å². The standard InChI is InChI=1S/C12H12Cl2N4O.ClH/c1-15-12(16-2)18-11(19)9-4-6-3-7(13)5-8(14)10(6)17-9;/h3-5,17H,1-2H3,(H2,15,16,18,19);1H. The molecule has 0 aliphatic rings. The number of rotatable bonds is 1. The normalized spacial score (nSPS) is 9.80. The Balaban J connectivity index is 0.00000200. The maximum atomic E-state index is 12.0. The Kier molecular flexibility index (Phi) is 5.68. The van der Waals surface area contributed by atoms with Crippen LogP contribution in [0.2, 0.25) is 10.0 Å². The van der Waals surface area contributed by atoms with Crippen molar-refractivity contribution in [1.29, 1.82) is 0 Å². The van der Waals surface area contributed by atoms with Crippen molar-refractivity contribution in [2.45, 2.75) is 0 Å². The van der Waals surface area contributed by atoms with E-state index < -0.39 is 5.91 Å². The van der Waals surface area contributed by atoms with Gasteiger partial charge in [0.1, 0.15) is 5.69 Å². The maximum absolute atomic E-state index is 12.0. The molecule has 0 fully saturated rings. The van der Waals surface area contributed by atoms with Crippen LogP contribution in [0.25, 0.3) is 10.9 Å². The molecule has 1 amide bonds. The highest BCUT2D eigenvalue weighted by molar-refractivity contribution is 6.38. The van der Waals surface area contributed by atoms with Crippen molar-refractivity contribution in [2.24, 2.45) is 4.99 Å². The number of nitrogens with one attached hydrogen (secondary N) is 3. The summed E-state index contributed by atoms with van der Waals surface area (Å²) < 4.78 is 0. The minimum absolute atomic E-state index is 0. The largest absolute Gasteiger partial charge is 0.359 e. The number of hydrogen-bond acceptors (Lipinski definition) is 1. The van der Waals surface area contributed by atoms with Gasteiger partial charge in [0.15, 0.2) is 5.96 Å². The number of guanidine groups is 1. The van der Waals surface area contributed by atoms with Crippen LogP contribution >= 0.6 is 35.6 Å². The van der Waals surface area contributed by atoms with Crippen LogP contribution in [-0.2, 0) is 0 Å². The van der Waals surface area contributed by atoms with Crippen molar-refractivity contribution < 1.29 is 4.79 Å². The predicted octanol–water partition coefficient (Wildman–Crippen LogP) is 2.83. The van der Waals surface area contributed by atoms with Crippen LogP contribution in [0.4, 0.5) is 0 Å². The second-order valence-corrected chi connectivity index (χ2v) is 4.64. The fraction of sp³-hybridized carbons (Fsp3) is 0.167. The lowest BCUT2D eigenvalue weighted by atomic mass is 10.2. The Morgan fingerprint density at radius 1 is 1.20 bits per heavy atom. The number of hydrogen-bond donors (Lipinski definition) is 3. The zero-order chi connectivity index (χ0) is 14.0. The van der Waals surface area contributed by atoms with Crippen LogP contribution in [0.15, 0.2) is 23.2 Å². The minimum atomic E-state index is -0.401. The van der Waals surface area contributed by atoms with E-state index >= 15 is 0 Å². The molecular formula is C12H13Cl3N4O. The van der Waals surface area contributed by atoms with Crippen LogP contribution in [0.3, 0.4) is 0 Å². The van der Waals surface area contributed by atoms with Gasteiger partial charge >= 0.3 is 0 Å². The first kappa shape index (κ1) is 16.6. The topological polar surface area (TPSA) is 69.3 Å². The van der Waals surface area contributed by atoms with Crippen molar-refractivity contribution in [2.75, 3.05) is 14.1 Å². The zero-order valence-electron chi connectivity index (χ0n) is 10.8. The summed E-state index contributed by atoms with van der Waals surface area (Å²) in [5, 5.41) is 7.28. The lowest BCUT2D eigenvalue weighted by Gasteiger charge is -2.01. The summed E-state index contributed by atoms with van der Waals surface area (Å²) in [5.41, 5.74) is 1.02. The lowest BCUT2D eigenvalue weighted by molar-refractivity contribution is 0.0998. The third kappa shape index (κ3) is 3.36. The van der Waals surface area contributed by atoms with E-state index in [9.17, 15) is 4.79 Å². The van der Waals surface area contributed by atoms with Gasteiger partial charge in [0, 0.05) is 24.5 Å². The van der Waals surface area contributed by atoms with Gasteiger partial charge in [0.25, 0.3) is 5.91 Å². The van der Waals surface area contributed by atoms with Crippen LogP contribution in [0.5, 0.6) is 0 Å². The fourth-order valence-corrected chi connectivity index (χ4v) is 2.24. The molecule has 2 aromatic rings. The molecule has 108 valence electrons. The number of nitrogens with zero attached hydrogens (tertiary/aromatic N) is 1. The van der Waals surface area contributed by atoms with Gasteiger partial charge in [-0.3, -0.25) is 4.79 Å². The predicted molar refractivity (Wildman–Crippen MR) is 85.5 cm³/mol. The molecular weight excluding hydrogens is 323 g/mol. The van der Waals surface area contributed by atoms with Crippen molar-refractivity contribution in [1.82, 2.24) is 15.6 Å². The minimum Gasteiger partial charge on any atom is -0.359 e. The quantitative estimate of drug-likeness (QED) is 0.554. The summed E-state index contributed by atoms with van der Waals surface area (Å²) in [5.74, 6) is -0.0186. The Hall–Kier alpha value is -1.43. The molecule has 0 atom stereocenters. The fourth-order valence-electron chi connectivity index (χ4n) is 1.68. The lowest BCUT2D eigenvalue weighted by Crippen LogP contribution is -2.32. The molecule has 1 heterocycles. The highest BCUT2D eigenvalue weighted by atomic mass is 35.5. The Labute approximate surface area is 132 Å². The average Bonchev–Trinajstić information content (AvgIpc) is 2.79. The molecule has 0 radical (unpaired) electrons. The third-order valence-electron chi connectivity index (χ3n) is 2.56. The summed E-state index contributed by atoms with van der Waals surface area (Å²) in [4.78, 5) is 18.8. The van der Waals surface area contributed by atoms with E-state index in [1.165, 1.54) is 0 Å². The summed E-state index contributed by atoms with van der Waals surface area (Å²) in [6.45, 7) is 0. The van der Waals surface area contributed by atoms with Gasteiger partial charge in [0.05, 0.1) is 10.5 Å². The van der Waals surface area contributed by atoms with E-state index in [-0.39, 0.29) is 12.4 Å². The number of aromatic nitrogens is 1. The van der Waals surface area contributed by atoms with Gasteiger partial charge in [-0.25, -0.2) is 0 Å². The van der Waals surface area contributed by atoms with Gasteiger partial charge in [-0.15, -0.1) is 12.4 Å². The van der Waals surface area contributed by atoms with E-state index in [4.69, 9.17) is 23.2 Å². The highest BCUT2D eigenvalue weighted by Gasteiger charge is 2.12. The Morgan fingerprint density at radius 2 is 1.85 bits per heavy atom. The van der Waals surface area contributed by atoms with E-state index in [1.807, 2.05) is 0 Å². The molecule has 3 N–H and O–H groups in total. The Morgan fingerprint density at radius 3 is 2.45 bits per heavy atom. The number of H-pyrrole nitrogens is 1. The molecule has 20 heavy (non-hydrogen) atoms. The van der Waals surface area contributed by atoms with Crippen molar-refractivity contribution >= 4 is 58.4 Å². The van der Waals surface area contributed by atoms with Gasteiger partial charge in [-0.1, -0.05) is 23.2 Å². The first-order valence-corrected chi connectivity index (χ1v) is 6.27. The first-order valence-electron chi connectivity index (χ1n) is 5.51. The SMILES string of the molecule is CNC(=NC(=O)c1cc2cc(Cl)cc(Cl)c2[nH]1)NC.Cl. The van der Waals surface area contributed by atoms with E-state index in [0.717, 1.165) is 5.39 Å². The third-order valence-corrected chi connectivity index (χ3v) is 3.08. The summed E-state index contributed by atoms with van der Waals surface area (Å²) >= 11 is 12.0. The van der Waals surface area contributed by atoms with E-state index in [1.54, 1.807) is 32.3 Å². The molecule has 0 spiro atoms. The second kappa shape index (κ2) is 6.83. The second-order valence-electron chi connectivity index (χ2n) is 3.80. The van der Waals surface area contributed by atoms with E-state index in [2.05, 4.69) is 20.6 Å². The summed E-state index contributed by atoms with van der Waals surface area (Å²) in [7, 11) is 3.34. The number of aromatic amines is 1. The number of halogens is 3. The number of amides is 1. The first-order chi connectivity index (χ1) is 9.05. The smallest absolute Gasteiger partial charge is 0.296 e. The monoisotopic (exact) mass is 334 g/mol. The van der Waals surface area contributed by atoms with Crippen LogP contribution in [0, 0.1) is 0 Å². The average molecular weight is 336 g/mol. The zero-order valence-corrected chi connectivity index (χ0v) is 13.1.